The molecular formula is C19H13ClN2O. The second-order valence-corrected chi connectivity index (χ2v) is 5.40. The zero-order valence-corrected chi connectivity index (χ0v) is 13.0. The molecule has 23 heavy (non-hydrogen) atoms. The number of pyridine rings is 1. The molecule has 0 atom stereocenters. The predicted octanol–water partition coefficient (Wildman–Crippen LogP) is 5.00. The van der Waals surface area contributed by atoms with Gasteiger partial charge >= 0.3 is 0 Å². The quantitative estimate of drug-likeness (QED) is 0.635. The number of hydrogen-bond acceptors (Lipinski definition) is 3. The molecule has 0 aliphatic heterocycles. The second-order valence-electron chi connectivity index (χ2n) is 4.96. The van der Waals surface area contributed by atoms with Crippen LogP contribution in [0.25, 0.3) is 17.0 Å². The Morgan fingerprint density at radius 1 is 1.13 bits per heavy atom. The molecule has 0 saturated heterocycles. The van der Waals surface area contributed by atoms with Crippen LogP contribution in [0, 0.1) is 11.3 Å². The van der Waals surface area contributed by atoms with Crippen molar-refractivity contribution in [2.24, 2.45) is 0 Å². The smallest absolute Gasteiger partial charge is 0.130 e. The van der Waals surface area contributed by atoms with E-state index in [1.165, 1.54) is 6.08 Å². The van der Waals surface area contributed by atoms with Gasteiger partial charge in [0.2, 0.25) is 0 Å². The Morgan fingerprint density at radius 3 is 2.87 bits per heavy atom. The molecule has 2 aromatic carbocycles. The highest BCUT2D eigenvalue weighted by molar-refractivity contribution is 6.31. The monoisotopic (exact) mass is 320 g/mol. The van der Waals surface area contributed by atoms with E-state index in [9.17, 15) is 0 Å². The maximum Gasteiger partial charge on any atom is 0.130 e. The van der Waals surface area contributed by atoms with Gasteiger partial charge < -0.3 is 4.74 Å². The van der Waals surface area contributed by atoms with Crippen molar-refractivity contribution >= 4 is 28.6 Å². The second kappa shape index (κ2) is 6.95. The largest absolute Gasteiger partial charge is 0.487 e. The molecule has 3 rings (SSSR count). The number of aromatic nitrogens is 1. The summed E-state index contributed by atoms with van der Waals surface area (Å²) in [7, 11) is 0. The Bertz CT molecular complexity index is 913. The Labute approximate surface area is 139 Å². The molecule has 3 aromatic rings. The number of allylic oxidation sites excluding steroid dienone is 1. The van der Waals surface area contributed by atoms with Gasteiger partial charge in [-0.3, -0.25) is 0 Å². The molecule has 3 nitrogen and oxygen atoms in total. The highest BCUT2D eigenvalue weighted by Crippen LogP contribution is 2.19. The van der Waals surface area contributed by atoms with Crippen molar-refractivity contribution in [1.82, 2.24) is 4.98 Å². The minimum absolute atomic E-state index is 0.369. The summed E-state index contributed by atoms with van der Waals surface area (Å²) in [6.07, 6.45) is 3.18. The molecular weight excluding hydrogens is 308 g/mol. The molecule has 0 radical (unpaired) electrons. The van der Waals surface area contributed by atoms with Gasteiger partial charge in [-0.15, -0.1) is 0 Å². The molecule has 0 fully saturated rings. The normalized spacial score (nSPS) is 10.8. The van der Waals surface area contributed by atoms with E-state index in [1.54, 1.807) is 6.08 Å². The highest BCUT2D eigenvalue weighted by atomic mass is 35.5. The van der Waals surface area contributed by atoms with Gasteiger partial charge in [-0.05, 0) is 42.0 Å². The molecule has 0 saturated carbocycles. The Morgan fingerprint density at radius 2 is 2.00 bits per heavy atom. The van der Waals surface area contributed by atoms with Crippen molar-refractivity contribution in [2.75, 3.05) is 0 Å². The first kappa shape index (κ1) is 15.1. The lowest BCUT2D eigenvalue weighted by molar-refractivity contribution is 0.302. The van der Waals surface area contributed by atoms with Crippen molar-refractivity contribution in [3.05, 3.63) is 77.0 Å². The maximum atomic E-state index is 8.57. The van der Waals surface area contributed by atoms with Crippen molar-refractivity contribution in [3.63, 3.8) is 0 Å². The molecule has 4 heteroatoms. The summed E-state index contributed by atoms with van der Waals surface area (Å²) in [6.45, 7) is 0.369. The van der Waals surface area contributed by atoms with Crippen LogP contribution in [0.4, 0.5) is 0 Å². The van der Waals surface area contributed by atoms with Crippen molar-refractivity contribution < 1.29 is 4.74 Å². The first-order chi connectivity index (χ1) is 11.2. The number of hydrogen-bond donors (Lipinski definition) is 0. The minimum Gasteiger partial charge on any atom is -0.487 e. The molecule has 0 aliphatic carbocycles. The number of ether oxygens (including phenoxy) is 1. The molecule has 0 N–H and O–H groups in total. The summed E-state index contributed by atoms with van der Waals surface area (Å²) >= 11 is 6.00. The van der Waals surface area contributed by atoms with Crippen LogP contribution in [0.5, 0.6) is 5.75 Å². The molecule has 1 heterocycles. The zero-order chi connectivity index (χ0) is 16.1. The fraction of sp³-hybridized carbons (Fsp3) is 0.0526. The molecule has 0 unspecified atom stereocenters. The SMILES string of the molecule is N#C/C=C/c1cccc(OCc2ccc3ccc(Cl)cc3n2)c1. The van der Waals surface area contributed by atoms with Crippen LogP contribution in [-0.2, 0) is 6.61 Å². The van der Waals surface area contributed by atoms with Gasteiger partial charge in [0.05, 0.1) is 17.3 Å². The van der Waals surface area contributed by atoms with E-state index in [0.29, 0.717) is 11.6 Å². The van der Waals surface area contributed by atoms with Gasteiger partial charge in [-0.2, -0.15) is 5.26 Å². The molecule has 1 aromatic heterocycles. The fourth-order valence-corrected chi connectivity index (χ4v) is 2.38. The van der Waals surface area contributed by atoms with Crippen molar-refractivity contribution in [2.45, 2.75) is 6.61 Å². The number of fused-ring (bicyclic) bond motifs is 1. The maximum absolute atomic E-state index is 8.57. The number of halogens is 1. The van der Waals surface area contributed by atoms with Crippen molar-refractivity contribution in [1.29, 1.82) is 5.26 Å². The lowest BCUT2D eigenvalue weighted by Crippen LogP contribution is -1.98. The summed E-state index contributed by atoms with van der Waals surface area (Å²) in [5.41, 5.74) is 2.60. The fourth-order valence-electron chi connectivity index (χ4n) is 2.21. The van der Waals surface area contributed by atoms with Gasteiger partial charge in [-0.1, -0.05) is 35.9 Å². The van der Waals surface area contributed by atoms with E-state index in [4.69, 9.17) is 21.6 Å². The van der Waals surface area contributed by atoms with Crippen LogP contribution in [0.1, 0.15) is 11.3 Å². The minimum atomic E-state index is 0.369. The van der Waals surface area contributed by atoms with Crippen LogP contribution in [-0.4, -0.2) is 4.98 Å². The average molecular weight is 321 g/mol. The molecule has 0 bridgehead atoms. The average Bonchev–Trinajstić information content (AvgIpc) is 2.58. The number of nitrogens with zero attached hydrogens (tertiary/aromatic N) is 2. The Hall–Kier alpha value is -2.83. The third-order valence-corrected chi connectivity index (χ3v) is 3.54. The predicted molar refractivity (Wildman–Crippen MR) is 92.2 cm³/mol. The molecule has 0 spiro atoms. The highest BCUT2D eigenvalue weighted by Gasteiger charge is 2.01. The summed E-state index contributed by atoms with van der Waals surface area (Å²) in [5.74, 6) is 0.734. The first-order valence-electron chi connectivity index (χ1n) is 7.09. The van der Waals surface area contributed by atoms with E-state index < -0.39 is 0 Å². The van der Waals surface area contributed by atoms with Crippen LogP contribution in [0.3, 0.4) is 0 Å². The van der Waals surface area contributed by atoms with Crippen LogP contribution < -0.4 is 4.74 Å². The molecule has 0 aliphatic rings. The standard InChI is InChI=1S/C19H13ClN2O/c20-16-8-6-15-7-9-17(22-19(15)12-16)13-23-18-5-1-3-14(11-18)4-2-10-21/h1-9,11-12H,13H2/b4-2+. The van der Waals surface area contributed by atoms with Crippen LogP contribution in [0.15, 0.2) is 60.7 Å². The summed E-state index contributed by atoms with van der Waals surface area (Å²) in [6, 6.07) is 19.1. The van der Waals surface area contributed by atoms with Gasteiger partial charge in [0.1, 0.15) is 12.4 Å². The number of benzene rings is 2. The van der Waals surface area contributed by atoms with Crippen LogP contribution in [0.2, 0.25) is 5.02 Å². The third kappa shape index (κ3) is 3.88. The van der Waals surface area contributed by atoms with Gasteiger partial charge in [0.25, 0.3) is 0 Å². The Kier molecular flexibility index (Phi) is 4.56. The van der Waals surface area contributed by atoms with E-state index >= 15 is 0 Å². The molecule has 0 amide bonds. The lowest BCUT2D eigenvalue weighted by Gasteiger charge is -2.07. The molecule has 112 valence electrons. The van der Waals surface area contributed by atoms with Gasteiger partial charge in [0, 0.05) is 16.5 Å². The first-order valence-corrected chi connectivity index (χ1v) is 7.46. The zero-order valence-electron chi connectivity index (χ0n) is 12.2. The van der Waals surface area contributed by atoms with E-state index in [-0.39, 0.29) is 0 Å². The number of nitriles is 1. The van der Waals surface area contributed by atoms with Gasteiger partial charge in [-0.25, -0.2) is 4.98 Å². The summed E-state index contributed by atoms with van der Waals surface area (Å²) in [5, 5.41) is 10.3. The Balaban J connectivity index is 1.75. The van der Waals surface area contributed by atoms with Crippen LogP contribution >= 0.6 is 11.6 Å². The third-order valence-electron chi connectivity index (χ3n) is 3.31. The van der Waals surface area contributed by atoms with E-state index in [2.05, 4.69) is 4.98 Å². The summed E-state index contributed by atoms with van der Waals surface area (Å²) < 4.78 is 5.78. The van der Waals surface area contributed by atoms with Crippen molar-refractivity contribution in [3.8, 4) is 11.8 Å². The van der Waals surface area contributed by atoms with E-state index in [1.807, 2.05) is 60.7 Å². The lowest BCUT2D eigenvalue weighted by atomic mass is 10.2. The summed E-state index contributed by atoms with van der Waals surface area (Å²) in [4.78, 5) is 4.56. The van der Waals surface area contributed by atoms with E-state index in [0.717, 1.165) is 27.9 Å². The number of rotatable bonds is 4. The topological polar surface area (TPSA) is 45.9 Å². The van der Waals surface area contributed by atoms with Gasteiger partial charge in [0.15, 0.2) is 0 Å².